The molecule has 4 rings (SSSR count). The molecule has 3 aromatic heterocycles. The minimum Gasteiger partial charge on any atom is -0.394 e. The largest absolute Gasteiger partial charge is 0.394 e. The molecule has 0 saturated carbocycles. The normalized spacial score (nSPS) is 16.9. The number of nitrogens with zero attached hydrogens (tertiary/aromatic N) is 6. The predicted octanol–water partition coefficient (Wildman–Crippen LogP) is 1.75. The van der Waals surface area contributed by atoms with Crippen molar-refractivity contribution >= 4 is 5.91 Å². The third-order valence-electron chi connectivity index (χ3n) is 4.95. The van der Waals surface area contributed by atoms with Crippen molar-refractivity contribution in [2.45, 2.75) is 25.3 Å². The van der Waals surface area contributed by atoms with Crippen LogP contribution >= 0.6 is 0 Å². The van der Waals surface area contributed by atoms with Crippen LogP contribution in [0, 0.1) is 0 Å². The lowest BCUT2D eigenvalue weighted by atomic mass is 9.94. The van der Waals surface area contributed by atoms with Crippen LogP contribution in [0.1, 0.15) is 34.8 Å². The number of aliphatic hydroxyl groups excluding tert-OH is 1. The van der Waals surface area contributed by atoms with Gasteiger partial charge in [-0.25, -0.2) is 9.97 Å². The molecule has 8 nitrogen and oxygen atoms in total. The first-order valence-electron chi connectivity index (χ1n) is 9.40. The van der Waals surface area contributed by atoms with Crippen LogP contribution in [-0.2, 0) is 6.54 Å². The van der Waals surface area contributed by atoms with Gasteiger partial charge in [-0.2, -0.15) is 5.10 Å². The third-order valence-corrected chi connectivity index (χ3v) is 4.95. The average molecular weight is 378 g/mol. The number of amides is 1. The molecular formula is C20H22N6O2. The first-order chi connectivity index (χ1) is 13.7. The molecule has 8 heteroatoms. The van der Waals surface area contributed by atoms with E-state index in [2.05, 4.69) is 20.1 Å². The molecule has 1 aliphatic heterocycles. The van der Waals surface area contributed by atoms with Gasteiger partial charge in [0.15, 0.2) is 5.82 Å². The maximum atomic E-state index is 12.9. The quantitative estimate of drug-likeness (QED) is 0.726. The highest BCUT2D eigenvalue weighted by Crippen LogP contribution is 2.26. The van der Waals surface area contributed by atoms with E-state index in [0.29, 0.717) is 24.5 Å². The highest BCUT2D eigenvalue weighted by Gasteiger charge is 2.27. The SMILES string of the molecule is O=C(c1cnc(-c2ccncc2)nc1)N1CCCC(c2ccn(CCO)n2)C1. The summed E-state index contributed by atoms with van der Waals surface area (Å²) in [5.41, 5.74) is 2.32. The van der Waals surface area contributed by atoms with E-state index >= 15 is 0 Å². The zero-order chi connectivity index (χ0) is 19.3. The number of carbonyl (C=O) groups excluding carboxylic acids is 1. The summed E-state index contributed by atoms with van der Waals surface area (Å²) < 4.78 is 1.74. The van der Waals surface area contributed by atoms with Gasteiger partial charge in [0, 0.05) is 55.6 Å². The molecule has 0 aliphatic carbocycles. The van der Waals surface area contributed by atoms with Crippen LogP contribution < -0.4 is 0 Å². The lowest BCUT2D eigenvalue weighted by Crippen LogP contribution is -2.39. The van der Waals surface area contributed by atoms with E-state index < -0.39 is 0 Å². The number of hydrogen-bond donors (Lipinski definition) is 1. The lowest BCUT2D eigenvalue weighted by molar-refractivity contribution is 0.0705. The van der Waals surface area contributed by atoms with Gasteiger partial charge >= 0.3 is 0 Å². The number of aromatic nitrogens is 5. The van der Waals surface area contributed by atoms with Crippen molar-refractivity contribution in [3.05, 3.63) is 60.4 Å². The standard InChI is InChI=1S/C20H22N6O2/c27-11-10-26-9-5-18(24-26)16-2-1-8-25(14-16)20(28)17-12-22-19(23-13-17)15-3-6-21-7-4-15/h3-7,9,12-13,16,27H,1-2,8,10-11,14H2. The number of rotatable bonds is 5. The summed E-state index contributed by atoms with van der Waals surface area (Å²) >= 11 is 0. The molecule has 0 radical (unpaired) electrons. The molecule has 0 bridgehead atoms. The topological polar surface area (TPSA) is 97.0 Å². The molecule has 4 heterocycles. The highest BCUT2D eigenvalue weighted by atomic mass is 16.3. The van der Waals surface area contributed by atoms with Crippen LogP contribution in [0.3, 0.4) is 0 Å². The van der Waals surface area contributed by atoms with Crippen molar-refractivity contribution in [1.82, 2.24) is 29.6 Å². The van der Waals surface area contributed by atoms with Crippen LogP contribution in [0.4, 0.5) is 0 Å². The van der Waals surface area contributed by atoms with Gasteiger partial charge in [-0.05, 0) is 31.0 Å². The van der Waals surface area contributed by atoms with E-state index in [1.54, 1.807) is 29.5 Å². The molecule has 0 spiro atoms. The molecule has 1 atom stereocenters. The molecule has 1 saturated heterocycles. The number of carbonyl (C=O) groups is 1. The van der Waals surface area contributed by atoms with Crippen molar-refractivity contribution < 1.29 is 9.90 Å². The Labute approximate surface area is 162 Å². The molecule has 1 aliphatic rings. The lowest BCUT2D eigenvalue weighted by Gasteiger charge is -2.32. The van der Waals surface area contributed by atoms with Gasteiger partial charge in [-0.1, -0.05) is 0 Å². The molecule has 0 aromatic carbocycles. The van der Waals surface area contributed by atoms with Crippen molar-refractivity contribution in [2.24, 2.45) is 0 Å². The minimum absolute atomic E-state index is 0.0548. The second kappa shape index (κ2) is 8.26. The highest BCUT2D eigenvalue weighted by molar-refractivity contribution is 5.93. The summed E-state index contributed by atoms with van der Waals surface area (Å²) in [5.74, 6) is 0.723. The van der Waals surface area contributed by atoms with Gasteiger partial charge < -0.3 is 10.0 Å². The molecule has 1 amide bonds. The first-order valence-corrected chi connectivity index (χ1v) is 9.40. The summed E-state index contributed by atoms with van der Waals surface area (Å²) in [6.07, 6.45) is 10.4. The Morgan fingerprint density at radius 3 is 2.71 bits per heavy atom. The Morgan fingerprint density at radius 1 is 1.18 bits per heavy atom. The van der Waals surface area contributed by atoms with Crippen molar-refractivity contribution in [2.75, 3.05) is 19.7 Å². The van der Waals surface area contributed by atoms with E-state index in [0.717, 1.165) is 30.6 Å². The predicted molar refractivity (Wildman–Crippen MR) is 102 cm³/mol. The van der Waals surface area contributed by atoms with Gasteiger partial charge in [0.05, 0.1) is 24.4 Å². The van der Waals surface area contributed by atoms with Gasteiger partial charge in [0.2, 0.25) is 0 Å². The van der Waals surface area contributed by atoms with Crippen molar-refractivity contribution in [3.63, 3.8) is 0 Å². The summed E-state index contributed by atoms with van der Waals surface area (Å²) in [7, 11) is 0. The van der Waals surface area contributed by atoms with Crippen LogP contribution in [0.2, 0.25) is 0 Å². The molecule has 1 unspecified atom stereocenters. The van der Waals surface area contributed by atoms with E-state index in [4.69, 9.17) is 5.11 Å². The maximum absolute atomic E-state index is 12.9. The number of likely N-dealkylation sites (tertiary alicyclic amines) is 1. The van der Waals surface area contributed by atoms with Crippen LogP contribution in [0.15, 0.2) is 49.2 Å². The van der Waals surface area contributed by atoms with Gasteiger partial charge in [-0.15, -0.1) is 0 Å². The first kappa shape index (κ1) is 18.2. The second-order valence-corrected chi connectivity index (χ2v) is 6.85. The zero-order valence-corrected chi connectivity index (χ0v) is 15.5. The molecule has 144 valence electrons. The van der Waals surface area contributed by atoms with Gasteiger partial charge in [-0.3, -0.25) is 14.5 Å². The molecule has 28 heavy (non-hydrogen) atoms. The Kier molecular flexibility index (Phi) is 5.38. The molecule has 1 fully saturated rings. The Balaban J connectivity index is 1.45. The number of hydrogen-bond acceptors (Lipinski definition) is 6. The monoisotopic (exact) mass is 378 g/mol. The van der Waals surface area contributed by atoms with Crippen LogP contribution in [0.25, 0.3) is 11.4 Å². The van der Waals surface area contributed by atoms with Crippen molar-refractivity contribution in [1.29, 1.82) is 0 Å². The average Bonchev–Trinajstić information content (AvgIpc) is 3.23. The van der Waals surface area contributed by atoms with Gasteiger partial charge in [0.25, 0.3) is 5.91 Å². The number of piperidine rings is 1. The minimum atomic E-state index is -0.0548. The summed E-state index contributed by atoms with van der Waals surface area (Å²) in [4.78, 5) is 27.4. The third kappa shape index (κ3) is 3.91. The maximum Gasteiger partial charge on any atom is 0.257 e. The number of pyridine rings is 1. The fourth-order valence-corrected chi connectivity index (χ4v) is 3.50. The smallest absolute Gasteiger partial charge is 0.257 e. The second-order valence-electron chi connectivity index (χ2n) is 6.85. The van der Waals surface area contributed by atoms with E-state index in [1.807, 2.05) is 29.3 Å². The number of aliphatic hydroxyl groups is 1. The Morgan fingerprint density at radius 2 is 1.96 bits per heavy atom. The van der Waals surface area contributed by atoms with Crippen LogP contribution in [0.5, 0.6) is 0 Å². The van der Waals surface area contributed by atoms with E-state index in [1.165, 1.54) is 0 Å². The van der Waals surface area contributed by atoms with Gasteiger partial charge in [0.1, 0.15) is 0 Å². The van der Waals surface area contributed by atoms with Crippen molar-refractivity contribution in [3.8, 4) is 11.4 Å². The Hall–Kier alpha value is -3.13. The summed E-state index contributed by atoms with van der Waals surface area (Å²) in [5, 5.41) is 13.6. The summed E-state index contributed by atoms with van der Waals surface area (Å²) in [6.45, 7) is 1.89. The molecule has 3 aromatic rings. The van der Waals surface area contributed by atoms with Crippen LogP contribution in [-0.4, -0.2) is 60.3 Å². The fraction of sp³-hybridized carbons (Fsp3) is 0.350. The van der Waals surface area contributed by atoms with E-state index in [9.17, 15) is 4.79 Å². The fourth-order valence-electron chi connectivity index (χ4n) is 3.50. The summed E-state index contributed by atoms with van der Waals surface area (Å²) in [6, 6.07) is 5.64. The Bertz CT molecular complexity index is 925. The van der Waals surface area contributed by atoms with E-state index in [-0.39, 0.29) is 18.4 Å². The zero-order valence-electron chi connectivity index (χ0n) is 15.5. The molecule has 1 N–H and O–H groups in total. The molecular weight excluding hydrogens is 356 g/mol.